The monoisotopic (exact) mass is 301 g/mol. The van der Waals surface area contributed by atoms with Crippen LogP contribution in [0.4, 0.5) is 4.79 Å². The van der Waals surface area contributed by atoms with Crippen molar-refractivity contribution >= 4 is 29.7 Å². The number of aliphatic carboxylic acids is 1. The molecule has 4 N–H and O–H groups in total. The van der Waals surface area contributed by atoms with Gasteiger partial charge in [0.1, 0.15) is 5.54 Å². The second-order valence-corrected chi connectivity index (χ2v) is 6.41. The summed E-state index contributed by atoms with van der Waals surface area (Å²) >= 11 is 1.52. The van der Waals surface area contributed by atoms with Crippen molar-refractivity contribution in [1.82, 2.24) is 10.2 Å². The number of primary amides is 1. The van der Waals surface area contributed by atoms with Gasteiger partial charge < -0.3 is 21.1 Å². The van der Waals surface area contributed by atoms with Crippen molar-refractivity contribution in [2.45, 2.75) is 24.8 Å². The summed E-state index contributed by atoms with van der Waals surface area (Å²) in [4.78, 5) is 36.3. The number of nitrogens with zero attached hydrogens (tertiary/aromatic N) is 1. The highest BCUT2D eigenvalue weighted by molar-refractivity contribution is 7.99. The van der Waals surface area contributed by atoms with Gasteiger partial charge in [0.15, 0.2) is 0 Å². The molecule has 2 heterocycles. The number of hydrogen-bond donors (Lipinski definition) is 3. The van der Waals surface area contributed by atoms with Gasteiger partial charge in [0.2, 0.25) is 5.91 Å². The van der Waals surface area contributed by atoms with Gasteiger partial charge in [-0.25, -0.2) is 9.59 Å². The predicted octanol–water partition coefficient (Wildman–Crippen LogP) is -0.146. The van der Waals surface area contributed by atoms with E-state index in [1.165, 1.54) is 16.7 Å². The number of likely N-dealkylation sites (tertiary alicyclic amines) is 1. The number of carboxylic acids is 1. The Morgan fingerprint density at radius 1 is 1.40 bits per heavy atom. The van der Waals surface area contributed by atoms with Crippen molar-refractivity contribution in [2.75, 3.05) is 24.6 Å². The van der Waals surface area contributed by atoms with E-state index in [0.717, 1.165) is 5.75 Å². The van der Waals surface area contributed by atoms with Crippen LogP contribution in [0.5, 0.6) is 0 Å². The summed E-state index contributed by atoms with van der Waals surface area (Å²) in [5.74, 6) is -0.539. The van der Waals surface area contributed by atoms with E-state index in [9.17, 15) is 19.5 Å². The van der Waals surface area contributed by atoms with Crippen LogP contribution in [0.25, 0.3) is 0 Å². The predicted molar refractivity (Wildman–Crippen MR) is 74.3 cm³/mol. The molecule has 2 atom stereocenters. The van der Waals surface area contributed by atoms with E-state index in [1.54, 1.807) is 0 Å². The number of thioether (sulfide) groups is 1. The zero-order valence-electron chi connectivity index (χ0n) is 11.1. The number of hydrogen-bond acceptors (Lipinski definition) is 4. The molecule has 112 valence electrons. The van der Waals surface area contributed by atoms with E-state index in [-0.39, 0.29) is 18.4 Å². The number of piperidine rings is 1. The summed E-state index contributed by atoms with van der Waals surface area (Å²) in [6.07, 6.45) is 1.79. The Morgan fingerprint density at radius 3 is 2.70 bits per heavy atom. The van der Waals surface area contributed by atoms with E-state index in [1.807, 2.05) is 0 Å². The first-order valence-electron chi connectivity index (χ1n) is 6.62. The number of carboxylic acid groups (broad SMARTS) is 1. The molecule has 2 saturated heterocycles. The van der Waals surface area contributed by atoms with Crippen molar-refractivity contribution in [3.8, 4) is 0 Å². The maximum Gasteiger partial charge on any atom is 0.330 e. The Labute approximate surface area is 121 Å². The second-order valence-electron chi connectivity index (χ2n) is 5.30. The molecule has 0 bridgehead atoms. The van der Waals surface area contributed by atoms with E-state index in [4.69, 9.17) is 5.73 Å². The number of amides is 3. The van der Waals surface area contributed by atoms with E-state index in [2.05, 4.69) is 5.32 Å². The average molecular weight is 301 g/mol. The minimum absolute atomic E-state index is 0.268. The largest absolute Gasteiger partial charge is 0.479 e. The van der Waals surface area contributed by atoms with Crippen LogP contribution in [0, 0.1) is 5.92 Å². The lowest BCUT2D eigenvalue weighted by Crippen LogP contribution is -2.58. The fourth-order valence-electron chi connectivity index (χ4n) is 2.61. The molecule has 3 amide bonds. The fraction of sp³-hybridized carbons (Fsp3) is 0.750. The number of nitrogens with two attached hydrogens (primary N) is 1. The summed E-state index contributed by atoms with van der Waals surface area (Å²) in [7, 11) is 0. The van der Waals surface area contributed by atoms with Gasteiger partial charge in [-0.1, -0.05) is 0 Å². The van der Waals surface area contributed by atoms with Gasteiger partial charge in [-0.3, -0.25) is 4.79 Å². The Bertz CT molecular complexity index is 423. The number of carbonyl (C=O) groups excluding carboxylic acids is 2. The fourth-order valence-corrected chi connectivity index (χ4v) is 3.94. The summed E-state index contributed by atoms with van der Waals surface area (Å²) in [5.41, 5.74) is 4.07. The third-order valence-electron chi connectivity index (χ3n) is 3.90. The molecular formula is C12H19N3O4S. The minimum atomic E-state index is -1.16. The van der Waals surface area contributed by atoms with Crippen LogP contribution in [0.15, 0.2) is 0 Å². The molecular weight excluding hydrogens is 282 g/mol. The summed E-state index contributed by atoms with van der Waals surface area (Å²) in [5, 5.41) is 12.0. The Morgan fingerprint density at radius 2 is 2.15 bits per heavy atom. The molecule has 20 heavy (non-hydrogen) atoms. The SMILES string of the molecule is NC(=O)N1CCCC(C(=O)NC2(C(=O)O)CCSC2)C1. The van der Waals surface area contributed by atoms with Crippen molar-refractivity contribution < 1.29 is 19.5 Å². The third kappa shape index (κ3) is 3.00. The molecule has 0 aromatic carbocycles. The Balaban J connectivity index is 2.00. The van der Waals surface area contributed by atoms with Crippen LogP contribution in [0.2, 0.25) is 0 Å². The molecule has 0 aromatic heterocycles. The molecule has 0 aliphatic carbocycles. The molecule has 8 heteroatoms. The molecule has 0 radical (unpaired) electrons. The van der Waals surface area contributed by atoms with Crippen molar-refractivity contribution in [3.05, 3.63) is 0 Å². The van der Waals surface area contributed by atoms with Crippen LogP contribution in [-0.4, -0.2) is 58.0 Å². The molecule has 7 nitrogen and oxygen atoms in total. The topological polar surface area (TPSA) is 113 Å². The summed E-state index contributed by atoms with van der Waals surface area (Å²) in [6.45, 7) is 0.822. The number of nitrogens with one attached hydrogen (secondary N) is 1. The smallest absolute Gasteiger partial charge is 0.330 e. The van der Waals surface area contributed by atoms with Crippen LogP contribution in [0.3, 0.4) is 0 Å². The van der Waals surface area contributed by atoms with Gasteiger partial charge in [-0.15, -0.1) is 0 Å². The highest BCUT2D eigenvalue weighted by Crippen LogP contribution is 2.29. The normalized spacial score (nSPS) is 30.0. The molecule has 0 aromatic rings. The van der Waals surface area contributed by atoms with Gasteiger partial charge in [0, 0.05) is 18.8 Å². The highest BCUT2D eigenvalue weighted by Gasteiger charge is 2.44. The van der Waals surface area contributed by atoms with Crippen LogP contribution >= 0.6 is 11.8 Å². The van der Waals surface area contributed by atoms with Gasteiger partial charge in [0.05, 0.1) is 5.92 Å². The van der Waals surface area contributed by atoms with Gasteiger partial charge in [0.25, 0.3) is 0 Å². The minimum Gasteiger partial charge on any atom is -0.479 e. The first-order chi connectivity index (χ1) is 9.44. The van der Waals surface area contributed by atoms with Crippen LogP contribution < -0.4 is 11.1 Å². The second kappa shape index (κ2) is 5.90. The molecule has 2 aliphatic heterocycles. The summed E-state index contributed by atoms with van der Waals surface area (Å²) < 4.78 is 0. The lowest BCUT2D eigenvalue weighted by molar-refractivity contribution is -0.147. The van der Waals surface area contributed by atoms with Gasteiger partial charge in [-0.2, -0.15) is 11.8 Å². The number of carbonyl (C=O) groups is 3. The lowest BCUT2D eigenvalue weighted by Gasteiger charge is -2.33. The van der Waals surface area contributed by atoms with E-state index < -0.39 is 17.5 Å². The molecule has 0 spiro atoms. The highest BCUT2D eigenvalue weighted by atomic mass is 32.2. The number of urea groups is 1. The zero-order chi connectivity index (χ0) is 14.8. The van der Waals surface area contributed by atoms with E-state index >= 15 is 0 Å². The van der Waals surface area contributed by atoms with Crippen molar-refractivity contribution in [1.29, 1.82) is 0 Å². The molecule has 2 aliphatic rings. The van der Waals surface area contributed by atoms with Gasteiger partial charge in [-0.05, 0) is 25.0 Å². The third-order valence-corrected chi connectivity index (χ3v) is 5.09. The van der Waals surface area contributed by atoms with Gasteiger partial charge >= 0.3 is 12.0 Å². The zero-order valence-corrected chi connectivity index (χ0v) is 11.9. The Hall–Kier alpha value is -1.44. The van der Waals surface area contributed by atoms with Crippen molar-refractivity contribution in [3.63, 3.8) is 0 Å². The summed E-state index contributed by atoms with van der Waals surface area (Å²) in [6, 6.07) is -0.535. The average Bonchev–Trinajstić information content (AvgIpc) is 2.88. The lowest BCUT2D eigenvalue weighted by atomic mass is 9.93. The number of rotatable bonds is 3. The van der Waals surface area contributed by atoms with Crippen LogP contribution in [0.1, 0.15) is 19.3 Å². The first kappa shape index (κ1) is 15.0. The maximum atomic E-state index is 12.3. The molecule has 0 saturated carbocycles. The van der Waals surface area contributed by atoms with E-state index in [0.29, 0.717) is 31.6 Å². The first-order valence-corrected chi connectivity index (χ1v) is 7.78. The molecule has 2 unspecified atom stereocenters. The molecule has 2 rings (SSSR count). The van der Waals surface area contributed by atoms with Crippen LogP contribution in [-0.2, 0) is 9.59 Å². The molecule has 2 fully saturated rings. The quantitative estimate of drug-likeness (QED) is 0.671. The maximum absolute atomic E-state index is 12.3. The Kier molecular flexibility index (Phi) is 4.42. The van der Waals surface area contributed by atoms with Crippen molar-refractivity contribution in [2.24, 2.45) is 11.7 Å². The standard InChI is InChI=1S/C12H19N3O4S/c13-11(19)15-4-1-2-8(6-15)9(16)14-12(10(17)18)3-5-20-7-12/h8H,1-7H2,(H2,13,19)(H,14,16)(H,17,18).